The van der Waals surface area contributed by atoms with Crippen LogP contribution in [0.1, 0.15) is 85.7 Å². The van der Waals surface area contributed by atoms with Gasteiger partial charge in [0, 0.05) is 43.0 Å². The number of fused-ring (bicyclic) bond motifs is 2. The summed E-state index contributed by atoms with van der Waals surface area (Å²) in [4.78, 5) is 25.5. The van der Waals surface area contributed by atoms with E-state index in [1.165, 1.54) is 61.4 Å². The number of hydrogen-bond donors (Lipinski definition) is 4. The second-order valence-corrected chi connectivity index (χ2v) is 14.2. The molecule has 0 unspecified atom stereocenters. The molecule has 3 amide bonds. The number of hydrogen-bond acceptors (Lipinski definition) is 7. The fraction of sp³-hybridized carbons (Fsp3) is 0.515. The molecule has 0 radical (unpaired) electrons. The van der Waals surface area contributed by atoms with E-state index < -0.39 is 16.1 Å². The molecule has 1 aromatic heterocycles. The summed E-state index contributed by atoms with van der Waals surface area (Å²) in [5.74, 6) is -0.270. The molecule has 4 N–H and O–H groups in total. The minimum atomic E-state index is -4.17. The first kappa shape index (κ1) is 31.2. The number of amides is 3. The van der Waals surface area contributed by atoms with Crippen LogP contribution >= 0.6 is 0 Å². The highest BCUT2D eigenvalue weighted by Gasteiger charge is 2.26. The molecule has 2 aromatic carbocycles. The van der Waals surface area contributed by atoms with Crippen LogP contribution in [0.15, 0.2) is 41.4 Å². The summed E-state index contributed by atoms with van der Waals surface area (Å²) in [5.41, 5.74) is 6.58. The van der Waals surface area contributed by atoms with Crippen molar-refractivity contribution in [1.29, 1.82) is 0 Å². The number of urea groups is 1. The second-order valence-electron chi connectivity index (χ2n) is 12.5. The summed E-state index contributed by atoms with van der Waals surface area (Å²) in [7, 11) is -4.17. The average Bonchev–Trinajstić information content (AvgIpc) is 3.80. The van der Waals surface area contributed by atoms with Crippen molar-refractivity contribution >= 4 is 33.3 Å². The summed E-state index contributed by atoms with van der Waals surface area (Å²) in [6.45, 7) is 1.72. The zero-order valence-corrected chi connectivity index (χ0v) is 26.6. The molecular formula is C33H43N7O4S. The van der Waals surface area contributed by atoms with Crippen LogP contribution in [0.3, 0.4) is 0 Å². The lowest BCUT2D eigenvalue weighted by Gasteiger charge is -2.22. The van der Waals surface area contributed by atoms with Gasteiger partial charge in [-0.05, 0) is 105 Å². The van der Waals surface area contributed by atoms with E-state index >= 15 is 0 Å². The van der Waals surface area contributed by atoms with Gasteiger partial charge in [-0.15, -0.1) is 5.10 Å². The minimum Gasteiger partial charge on any atom is -0.326 e. The Kier molecular flexibility index (Phi) is 9.79. The summed E-state index contributed by atoms with van der Waals surface area (Å²) < 4.78 is 30.2. The number of rotatable bonds is 12. The van der Waals surface area contributed by atoms with Gasteiger partial charge in [-0.2, -0.15) is 0 Å². The minimum absolute atomic E-state index is 0.111. The second kappa shape index (κ2) is 14.1. The van der Waals surface area contributed by atoms with E-state index in [0.29, 0.717) is 18.2 Å². The van der Waals surface area contributed by atoms with Crippen LogP contribution in [0, 0.1) is 0 Å². The zero-order chi connectivity index (χ0) is 31.2. The van der Waals surface area contributed by atoms with Crippen molar-refractivity contribution in [1.82, 2.24) is 25.0 Å². The molecule has 0 aliphatic heterocycles. The molecule has 1 fully saturated rings. The molecule has 3 aliphatic carbocycles. The third-order valence-electron chi connectivity index (χ3n) is 9.16. The largest absolute Gasteiger partial charge is 0.333 e. The molecule has 45 heavy (non-hydrogen) atoms. The lowest BCUT2D eigenvalue weighted by Crippen LogP contribution is -2.35. The van der Waals surface area contributed by atoms with Crippen LogP contribution in [-0.4, -0.2) is 47.9 Å². The molecule has 0 atom stereocenters. The van der Waals surface area contributed by atoms with Crippen molar-refractivity contribution < 1.29 is 18.0 Å². The Morgan fingerprint density at radius 1 is 0.911 bits per heavy atom. The van der Waals surface area contributed by atoms with E-state index in [2.05, 4.69) is 37.1 Å². The van der Waals surface area contributed by atoms with Crippen molar-refractivity contribution in [3.63, 3.8) is 0 Å². The first-order valence-electron chi connectivity index (χ1n) is 16.4. The zero-order valence-electron chi connectivity index (χ0n) is 25.7. The molecule has 6 rings (SSSR count). The van der Waals surface area contributed by atoms with Gasteiger partial charge < -0.3 is 16.0 Å². The van der Waals surface area contributed by atoms with Gasteiger partial charge >= 0.3 is 6.03 Å². The molecule has 0 bridgehead atoms. The number of sulfonamides is 1. The summed E-state index contributed by atoms with van der Waals surface area (Å²) in [6, 6.07) is 8.01. The van der Waals surface area contributed by atoms with Crippen LogP contribution in [0.5, 0.6) is 0 Å². The van der Waals surface area contributed by atoms with E-state index in [1.54, 1.807) is 6.07 Å². The quantitative estimate of drug-likeness (QED) is 0.212. The monoisotopic (exact) mass is 633 g/mol. The number of nitrogens with zero attached hydrogens (tertiary/aromatic N) is 3. The highest BCUT2D eigenvalue weighted by Crippen LogP contribution is 2.38. The fourth-order valence-electron chi connectivity index (χ4n) is 6.91. The van der Waals surface area contributed by atoms with E-state index in [-0.39, 0.29) is 17.2 Å². The van der Waals surface area contributed by atoms with E-state index in [0.717, 1.165) is 80.5 Å². The van der Waals surface area contributed by atoms with Crippen molar-refractivity contribution in [3.05, 3.63) is 64.5 Å². The number of carbonyl (C=O) groups excluding carboxylic acids is 2. The van der Waals surface area contributed by atoms with Crippen molar-refractivity contribution in [2.24, 2.45) is 0 Å². The molecule has 1 heterocycles. The highest BCUT2D eigenvalue weighted by atomic mass is 32.2. The number of benzene rings is 2. The molecule has 3 aromatic rings. The molecule has 0 spiro atoms. The van der Waals surface area contributed by atoms with Crippen LogP contribution in [0.4, 0.5) is 16.2 Å². The van der Waals surface area contributed by atoms with Crippen molar-refractivity contribution in [3.8, 4) is 0 Å². The Hall–Kier alpha value is -3.77. The van der Waals surface area contributed by atoms with Crippen LogP contribution in [0.25, 0.3) is 0 Å². The summed E-state index contributed by atoms with van der Waals surface area (Å²) >= 11 is 0. The highest BCUT2D eigenvalue weighted by molar-refractivity contribution is 7.90. The van der Waals surface area contributed by atoms with Crippen LogP contribution in [0.2, 0.25) is 0 Å². The molecule has 240 valence electrons. The molecule has 11 nitrogen and oxygen atoms in total. The lowest BCUT2D eigenvalue weighted by atomic mass is 9.95. The summed E-state index contributed by atoms with van der Waals surface area (Å²) in [6.07, 6.45) is 15.7. The Balaban J connectivity index is 0.979. The van der Waals surface area contributed by atoms with Gasteiger partial charge in [0.25, 0.3) is 10.0 Å². The van der Waals surface area contributed by atoms with Gasteiger partial charge in [0.1, 0.15) is 0 Å². The molecular weight excluding hydrogens is 590 g/mol. The topological polar surface area (TPSA) is 147 Å². The standard InChI is InChI=1S/C33H43N7O4S/c41-31(17-16-27-22-40(39-37-27)19-7-18-34-25-10-2-1-3-11-25)35-26-12-6-13-28(21-26)45(43,44)38-33(42)36-32-29-14-4-8-23(29)20-24-9-5-15-30(24)32/h6,12-13,20-22,25,34H,1-5,7-11,14-19H2,(H,35,41)(H2,36,38,42). The van der Waals surface area contributed by atoms with Crippen LogP contribution < -0.4 is 20.7 Å². The smallest absolute Gasteiger partial charge is 0.326 e. The third-order valence-corrected chi connectivity index (χ3v) is 10.5. The molecule has 3 aliphatic rings. The maximum atomic E-state index is 13.1. The SMILES string of the molecule is O=C(CCc1cn(CCCNC2CCCCC2)nn1)Nc1cccc(S(=O)(=O)NC(=O)Nc2c3c(cc4c2CCC4)CCC3)c1. The van der Waals surface area contributed by atoms with Gasteiger partial charge in [-0.3, -0.25) is 9.48 Å². The molecule has 12 heteroatoms. The third kappa shape index (κ3) is 7.91. The molecule has 0 saturated heterocycles. The maximum absolute atomic E-state index is 13.1. The Labute approximate surface area is 265 Å². The van der Waals surface area contributed by atoms with Crippen molar-refractivity contribution in [2.45, 2.75) is 107 Å². The normalized spacial score (nSPS) is 16.3. The van der Waals surface area contributed by atoms with E-state index in [1.807, 2.05) is 10.9 Å². The van der Waals surface area contributed by atoms with Gasteiger partial charge in [0.15, 0.2) is 0 Å². The first-order chi connectivity index (χ1) is 21.8. The van der Waals surface area contributed by atoms with Gasteiger partial charge in [-0.25, -0.2) is 17.9 Å². The Morgan fingerprint density at radius 2 is 1.67 bits per heavy atom. The number of anilines is 2. The van der Waals surface area contributed by atoms with E-state index in [9.17, 15) is 18.0 Å². The maximum Gasteiger partial charge on any atom is 0.333 e. The first-order valence-corrected chi connectivity index (χ1v) is 17.8. The van der Waals surface area contributed by atoms with Crippen LogP contribution in [-0.2, 0) is 53.5 Å². The number of carbonyl (C=O) groups is 2. The Bertz CT molecular complexity index is 1610. The van der Waals surface area contributed by atoms with Gasteiger partial charge in [0.05, 0.1) is 10.6 Å². The number of aromatic nitrogens is 3. The van der Waals surface area contributed by atoms with Gasteiger partial charge in [-0.1, -0.05) is 36.6 Å². The Morgan fingerprint density at radius 3 is 2.42 bits per heavy atom. The number of aryl methyl sites for hydroxylation is 4. The van der Waals surface area contributed by atoms with Crippen molar-refractivity contribution in [2.75, 3.05) is 17.2 Å². The number of nitrogens with one attached hydrogen (secondary N) is 4. The molecule has 1 saturated carbocycles. The fourth-order valence-corrected chi connectivity index (χ4v) is 7.86. The predicted molar refractivity (Wildman–Crippen MR) is 173 cm³/mol. The van der Waals surface area contributed by atoms with E-state index in [4.69, 9.17) is 0 Å². The summed E-state index contributed by atoms with van der Waals surface area (Å²) in [5, 5.41) is 17.6. The predicted octanol–water partition coefficient (Wildman–Crippen LogP) is 4.65. The van der Waals surface area contributed by atoms with Gasteiger partial charge in [0.2, 0.25) is 5.91 Å². The lowest BCUT2D eigenvalue weighted by molar-refractivity contribution is -0.116. The average molecular weight is 634 g/mol.